The van der Waals surface area contributed by atoms with Gasteiger partial charge >= 0.3 is 0 Å². The molecule has 0 aliphatic heterocycles. The van der Waals surface area contributed by atoms with Crippen molar-refractivity contribution in [1.82, 2.24) is 10.5 Å². The summed E-state index contributed by atoms with van der Waals surface area (Å²) in [5, 5.41) is 7.29. The molecule has 1 saturated carbocycles. The molecule has 0 saturated heterocycles. The largest absolute Gasteiger partial charge is 0.360 e. The van der Waals surface area contributed by atoms with Gasteiger partial charge in [-0.2, -0.15) is 0 Å². The number of nitrogens with zero attached hydrogens (tertiary/aromatic N) is 1. The zero-order valence-corrected chi connectivity index (χ0v) is 10.1. The fourth-order valence-corrected chi connectivity index (χ4v) is 2.57. The molecule has 1 N–H and O–H groups in total. The van der Waals surface area contributed by atoms with E-state index in [-0.39, 0.29) is 0 Å². The van der Waals surface area contributed by atoms with Gasteiger partial charge < -0.3 is 9.84 Å². The van der Waals surface area contributed by atoms with Crippen LogP contribution in [0.25, 0.3) is 0 Å². The van der Waals surface area contributed by atoms with Gasteiger partial charge in [-0.1, -0.05) is 31.3 Å². The smallest absolute Gasteiger partial charge is 0.150 e. The molecular weight excluding hydrogens is 200 g/mol. The average molecular weight is 222 g/mol. The zero-order valence-electron chi connectivity index (χ0n) is 10.1. The first kappa shape index (κ1) is 11.6. The van der Waals surface area contributed by atoms with Crippen LogP contribution >= 0.6 is 0 Å². The third kappa shape index (κ3) is 3.34. The number of hydrogen-bond donors (Lipinski definition) is 1. The lowest BCUT2D eigenvalue weighted by Gasteiger charge is -2.15. The number of rotatable bonds is 4. The molecule has 0 spiro atoms. The molecule has 3 heteroatoms. The van der Waals surface area contributed by atoms with Crippen LogP contribution in [0.5, 0.6) is 0 Å². The van der Waals surface area contributed by atoms with E-state index in [9.17, 15) is 0 Å². The quantitative estimate of drug-likeness (QED) is 0.795. The van der Waals surface area contributed by atoms with Gasteiger partial charge in [-0.15, -0.1) is 0 Å². The van der Waals surface area contributed by atoms with Crippen molar-refractivity contribution in [3.05, 3.63) is 18.0 Å². The van der Waals surface area contributed by atoms with Crippen LogP contribution in [-0.2, 0) is 6.54 Å². The zero-order chi connectivity index (χ0) is 11.2. The van der Waals surface area contributed by atoms with Gasteiger partial charge in [0.2, 0.25) is 0 Å². The summed E-state index contributed by atoms with van der Waals surface area (Å²) >= 11 is 0. The Kier molecular flexibility index (Phi) is 4.40. The van der Waals surface area contributed by atoms with E-state index in [1.54, 1.807) is 6.20 Å². The van der Waals surface area contributed by atoms with E-state index < -0.39 is 0 Å². The molecule has 2 unspecified atom stereocenters. The molecule has 0 aromatic carbocycles. The second-order valence-corrected chi connectivity index (χ2v) is 4.84. The van der Waals surface area contributed by atoms with E-state index in [1.165, 1.54) is 38.5 Å². The van der Waals surface area contributed by atoms with Crippen molar-refractivity contribution < 1.29 is 4.52 Å². The topological polar surface area (TPSA) is 38.1 Å². The number of hydrogen-bond acceptors (Lipinski definition) is 3. The molecule has 2 atom stereocenters. The lowest BCUT2D eigenvalue weighted by molar-refractivity contribution is 0.353. The van der Waals surface area contributed by atoms with Crippen LogP contribution in [0, 0.1) is 5.92 Å². The summed E-state index contributed by atoms with van der Waals surface area (Å²) in [7, 11) is 0. The second kappa shape index (κ2) is 6.04. The first-order chi connectivity index (χ1) is 7.88. The summed E-state index contributed by atoms with van der Waals surface area (Å²) < 4.78 is 5.09. The maximum absolute atomic E-state index is 5.09. The van der Waals surface area contributed by atoms with Crippen LogP contribution in [0.4, 0.5) is 0 Å². The van der Waals surface area contributed by atoms with Gasteiger partial charge in [0.05, 0.1) is 12.7 Å². The van der Waals surface area contributed by atoms with E-state index in [4.69, 9.17) is 4.52 Å². The third-order valence-corrected chi connectivity index (χ3v) is 3.72. The Morgan fingerprint density at radius 1 is 1.38 bits per heavy atom. The van der Waals surface area contributed by atoms with Gasteiger partial charge in [0.25, 0.3) is 0 Å². The highest BCUT2D eigenvalue weighted by atomic mass is 16.5. The molecule has 1 fully saturated rings. The van der Waals surface area contributed by atoms with Crippen LogP contribution in [0.2, 0.25) is 0 Å². The third-order valence-electron chi connectivity index (χ3n) is 3.72. The van der Waals surface area contributed by atoms with Crippen molar-refractivity contribution in [3.8, 4) is 0 Å². The average Bonchev–Trinajstić information content (AvgIpc) is 2.72. The molecule has 0 bridgehead atoms. The van der Waals surface area contributed by atoms with Gasteiger partial charge in [0.1, 0.15) is 5.76 Å². The molecule has 0 radical (unpaired) electrons. The van der Waals surface area contributed by atoms with Crippen molar-refractivity contribution in [2.45, 2.75) is 58.0 Å². The first-order valence-corrected chi connectivity index (χ1v) is 6.51. The molecule has 16 heavy (non-hydrogen) atoms. The van der Waals surface area contributed by atoms with E-state index in [2.05, 4.69) is 17.4 Å². The summed E-state index contributed by atoms with van der Waals surface area (Å²) in [6.45, 7) is 3.13. The molecular formula is C13H22N2O. The van der Waals surface area contributed by atoms with Crippen LogP contribution in [-0.4, -0.2) is 11.2 Å². The maximum Gasteiger partial charge on any atom is 0.150 e. The van der Waals surface area contributed by atoms with Crippen molar-refractivity contribution in [1.29, 1.82) is 0 Å². The Labute approximate surface area is 97.6 Å². The SMILES string of the molecule is CCC1CCCC(NCc2ccno2)CC1. The van der Waals surface area contributed by atoms with Crippen molar-refractivity contribution in [2.24, 2.45) is 5.92 Å². The summed E-state index contributed by atoms with van der Waals surface area (Å²) in [5.74, 6) is 1.90. The Balaban J connectivity index is 1.73. The monoisotopic (exact) mass is 222 g/mol. The van der Waals surface area contributed by atoms with Crippen LogP contribution in [0.15, 0.2) is 16.8 Å². The number of nitrogens with one attached hydrogen (secondary N) is 1. The summed E-state index contributed by atoms with van der Waals surface area (Å²) in [5.41, 5.74) is 0. The Bertz CT molecular complexity index is 284. The van der Waals surface area contributed by atoms with Gasteiger partial charge in [-0.05, 0) is 25.2 Å². The van der Waals surface area contributed by atoms with Crippen LogP contribution < -0.4 is 5.32 Å². The molecule has 90 valence electrons. The predicted octanol–water partition coefficient (Wildman–Crippen LogP) is 3.12. The van der Waals surface area contributed by atoms with Crippen molar-refractivity contribution in [2.75, 3.05) is 0 Å². The Hall–Kier alpha value is -0.830. The Morgan fingerprint density at radius 2 is 2.31 bits per heavy atom. The molecule has 1 heterocycles. The van der Waals surface area contributed by atoms with Gasteiger partial charge in [-0.25, -0.2) is 0 Å². The highest BCUT2D eigenvalue weighted by molar-refractivity contribution is 4.92. The molecule has 1 aliphatic carbocycles. The summed E-state index contributed by atoms with van der Waals surface area (Å²) in [4.78, 5) is 0. The minimum absolute atomic E-state index is 0.668. The minimum Gasteiger partial charge on any atom is -0.360 e. The fraction of sp³-hybridized carbons (Fsp3) is 0.769. The second-order valence-electron chi connectivity index (χ2n) is 4.84. The summed E-state index contributed by atoms with van der Waals surface area (Å²) in [6.07, 6.45) is 9.83. The predicted molar refractivity (Wildman–Crippen MR) is 64.0 cm³/mol. The molecule has 2 rings (SSSR count). The minimum atomic E-state index is 0.668. The molecule has 1 aromatic heterocycles. The first-order valence-electron chi connectivity index (χ1n) is 6.51. The van der Waals surface area contributed by atoms with E-state index in [0.717, 1.165) is 18.2 Å². The highest BCUT2D eigenvalue weighted by Gasteiger charge is 2.17. The van der Waals surface area contributed by atoms with Gasteiger partial charge in [0.15, 0.2) is 0 Å². The fourth-order valence-electron chi connectivity index (χ4n) is 2.57. The highest BCUT2D eigenvalue weighted by Crippen LogP contribution is 2.25. The van der Waals surface area contributed by atoms with Crippen LogP contribution in [0.1, 0.15) is 51.2 Å². The van der Waals surface area contributed by atoms with Gasteiger partial charge in [-0.3, -0.25) is 0 Å². The number of aromatic nitrogens is 1. The molecule has 3 nitrogen and oxygen atoms in total. The molecule has 1 aliphatic rings. The van der Waals surface area contributed by atoms with Crippen molar-refractivity contribution >= 4 is 0 Å². The Morgan fingerprint density at radius 3 is 3.06 bits per heavy atom. The van der Waals surface area contributed by atoms with E-state index in [1.807, 2.05) is 6.07 Å². The maximum atomic E-state index is 5.09. The van der Waals surface area contributed by atoms with Crippen molar-refractivity contribution in [3.63, 3.8) is 0 Å². The van der Waals surface area contributed by atoms with Gasteiger partial charge in [0, 0.05) is 12.1 Å². The van der Waals surface area contributed by atoms with Crippen LogP contribution in [0.3, 0.4) is 0 Å². The molecule has 0 amide bonds. The summed E-state index contributed by atoms with van der Waals surface area (Å²) in [6, 6.07) is 2.60. The standard InChI is InChI=1S/C13H22N2O/c1-2-11-4-3-5-12(7-6-11)14-10-13-8-9-15-16-13/h8-9,11-12,14H,2-7,10H2,1H3. The molecule has 1 aromatic rings. The lowest BCUT2D eigenvalue weighted by Crippen LogP contribution is -2.27. The lowest BCUT2D eigenvalue weighted by atomic mass is 9.98. The normalized spacial score (nSPS) is 26.6. The van der Waals surface area contributed by atoms with E-state index >= 15 is 0 Å². The van der Waals surface area contributed by atoms with E-state index in [0.29, 0.717) is 6.04 Å².